The summed E-state index contributed by atoms with van der Waals surface area (Å²) in [6, 6.07) is 14.7. The van der Waals surface area contributed by atoms with E-state index in [1.165, 1.54) is 5.56 Å². The monoisotopic (exact) mass is 356 g/mol. The second-order valence-corrected chi connectivity index (χ2v) is 6.99. The number of hydrogen-bond acceptors (Lipinski definition) is 3. The average Bonchev–Trinajstić information content (AvgIpc) is 2.62. The molecular weight excluding hydrogens is 331 g/mol. The molecule has 4 nitrogen and oxygen atoms in total. The van der Waals surface area contributed by atoms with Crippen LogP contribution in [0.5, 0.6) is 5.75 Å². The van der Waals surface area contributed by atoms with Gasteiger partial charge in [-0.15, -0.1) is 0 Å². The van der Waals surface area contributed by atoms with Crippen molar-refractivity contribution in [2.75, 3.05) is 13.3 Å². The second-order valence-electron chi connectivity index (χ2n) is 6.99. The summed E-state index contributed by atoms with van der Waals surface area (Å²) in [5.74, 6) is 0.423. The Morgan fingerprint density at radius 2 is 1.77 bits per heavy atom. The first-order valence-electron chi connectivity index (χ1n) is 8.63. The minimum atomic E-state index is -0.386. The van der Waals surface area contributed by atoms with Gasteiger partial charge in [0.1, 0.15) is 5.75 Å². The van der Waals surface area contributed by atoms with Gasteiger partial charge >= 0.3 is 0 Å². The zero-order valence-electron chi connectivity index (χ0n) is 15.5. The fourth-order valence-electron chi connectivity index (χ4n) is 2.25. The molecule has 2 rings (SSSR count). The van der Waals surface area contributed by atoms with Gasteiger partial charge in [0.25, 0.3) is 5.91 Å². The third-order valence-electron chi connectivity index (χ3n) is 3.82. The van der Waals surface area contributed by atoms with Crippen molar-refractivity contribution in [2.24, 2.45) is 5.10 Å². The van der Waals surface area contributed by atoms with E-state index < -0.39 is 0 Å². The van der Waals surface area contributed by atoms with Crippen molar-refractivity contribution in [3.63, 3.8) is 0 Å². The normalized spacial score (nSPS) is 11.5. The van der Waals surface area contributed by atoms with E-state index in [1.54, 1.807) is 30.5 Å². The first kappa shape index (κ1) is 19.6. The van der Waals surface area contributed by atoms with E-state index in [-0.39, 0.29) is 18.0 Å². The Labute approximate surface area is 154 Å². The highest BCUT2D eigenvalue weighted by molar-refractivity contribution is 5.94. The molecule has 26 heavy (non-hydrogen) atoms. The summed E-state index contributed by atoms with van der Waals surface area (Å²) in [4.78, 5) is 12.1. The van der Waals surface area contributed by atoms with Crippen LogP contribution in [-0.4, -0.2) is 25.4 Å². The van der Waals surface area contributed by atoms with Crippen LogP contribution in [0.3, 0.4) is 0 Å². The number of alkyl halides is 1. The first-order valence-corrected chi connectivity index (χ1v) is 8.63. The van der Waals surface area contributed by atoms with Crippen molar-refractivity contribution in [1.82, 2.24) is 5.43 Å². The summed E-state index contributed by atoms with van der Waals surface area (Å²) < 4.78 is 17.4. The van der Waals surface area contributed by atoms with E-state index in [0.29, 0.717) is 24.3 Å². The van der Waals surface area contributed by atoms with E-state index in [0.717, 1.165) is 5.56 Å². The summed E-state index contributed by atoms with van der Waals surface area (Å²) >= 11 is 0. The highest BCUT2D eigenvalue weighted by Gasteiger charge is 2.14. The Kier molecular flexibility index (Phi) is 6.89. The van der Waals surface area contributed by atoms with Gasteiger partial charge in [0.05, 0.1) is 19.5 Å². The maximum Gasteiger partial charge on any atom is 0.271 e. The Hall–Kier alpha value is -2.69. The topological polar surface area (TPSA) is 50.7 Å². The molecule has 2 aromatic carbocycles. The van der Waals surface area contributed by atoms with Crippen LogP contribution in [0.2, 0.25) is 0 Å². The van der Waals surface area contributed by atoms with Crippen molar-refractivity contribution in [1.29, 1.82) is 0 Å². The number of rotatable bonds is 7. The van der Waals surface area contributed by atoms with Crippen molar-refractivity contribution in [2.45, 2.75) is 32.6 Å². The van der Waals surface area contributed by atoms with E-state index in [1.807, 2.05) is 24.3 Å². The third-order valence-corrected chi connectivity index (χ3v) is 3.82. The number of hydrogen-bond donors (Lipinski definition) is 1. The van der Waals surface area contributed by atoms with Gasteiger partial charge in [-0.2, -0.15) is 5.10 Å². The lowest BCUT2D eigenvalue weighted by molar-refractivity contribution is 0.0955. The SMILES string of the molecule is CC(C)(C)c1ccc(C(=O)NN=Cc2ccc(OCCCF)cc2)cc1. The molecule has 138 valence electrons. The zero-order valence-corrected chi connectivity index (χ0v) is 15.5. The van der Waals surface area contributed by atoms with Gasteiger partial charge in [0, 0.05) is 12.0 Å². The van der Waals surface area contributed by atoms with Crippen LogP contribution < -0.4 is 10.2 Å². The summed E-state index contributed by atoms with van der Waals surface area (Å²) in [5.41, 5.74) is 5.13. The second kappa shape index (κ2) is 9.13. The molecule has 1 amide bonds. The molecule has 0 radical (unpaired) electrons. The van der Waals surface area contributed by atoms with Gasteiger partial charge in [-0.25, -0.2) is 5.43 Å². The molecule has 5 heteroatoms. The molecule has 0 saturated heterocycles. The van der Waals surface area contributed by atoms with E-state index in [2.05, 4.69) is 31.3 Å². The largest absolute Gasteiger partial charge is 0.493 e. The van der Waals surface area contributed by atoms with Crippen molar-refractivity contribution < 1.29 is 13.9 Å². The molecule has 0 aliphatic rings. The molecule has 0 aliphatic heterocycles. The van der Waals surface area contributed by atoms with Gasteiger partial charge in [-0.1, -0.05) is 32.9 Å². The van der Waals surface area contributed by atoms with Crippen LogP contribution in [0.4, 0.5) is 4.39 Å². The number of halogens is 1. The van der Waals surface area contributed by atoms with E-state index >= 15 is 0 Å². The van der Waals surface area contributed by atoms with Crippen LogP contribution in [0, 0.1) is 0 Å². The summed E-state index contributed by atoms with van der Waals surface area (Å²) in [6.07, 6.45) is 1.94. The maximum atomic E-state index is 12.1. The Bertz CT molecular complexity index is 732. The van der Waals surface area contributed by atoms with Gasteiger partial charge < -0.3 is 4.74 Å². The van der Waals surface area contributed by atoms with Crippen LogP contribution in [-0.2, 0) is 5.41 Å². The minimum absolute atomic E-state index is 0.0505. The molecule has 0 aliphatic carbocycles. The van der Waals surface area contributed by atoms with Crippen LogP contribution in [0.1, 0.15) is 48.7 Å². The number of carbonyl (C=O) groups excluding carboxylic acids is 1. The van der Waals surface area contributed by atoms with Gasteiger partial charge in [0.2, 0.25) is 0 Å². The highest BCUT2D eigenvalue weighted by atomic mass is 19.1. The van der Waals surface area contributed by atoms with Crippen LogP contribution in [0.25, 0.3) is 0 Å². The minimum Gasteiger partial charge on any atom is -0.493 e. The molecule has 0 spiro atoms. The van der Waals surface area contributed by atoms with Crippen LogP contribution in [0.15, 0.2) is 53.6 Å². The molecule has 2 aromatic rings. The number of benzene rings is 2. The Morgan fingerprint density at radius 1 is 1.12 bits per heavy atom. The lowest BCUT2D eigenvalue weighted by Crippen LogP contribution is -2.18. The number of ether oxygens (including phenoxy) is 1. The van der Waals surface area contributed by atoms with E-state index in [4.69, 9.17) is 4.74 Å². The molecule has 0 aromatic heterocycles. The predicted molar refractivity (Wildman–Crippen MR) is 103 cm³/mol. The van der Waals surface area contributed by atoms with Gasteiger partial charge in [-0.3, -0.25) is 9.18 Å². The quantitative estimate of drug-likeness (QED) is 0.451. The molecule has 0 fully saturated rings. The number of amides is 1. The highest BCUT2D eigenvalue weighted by Crippen LogP contribution is 2.22. The van der Waals surface area contributed by atoms with E-state index in [9.17, 15) is 9.18 Å². The number of nitrogens with zero attached hydrogens (tertiary/aromatic N) is 1. The summed E-state index contributed by atoms with van der Waals surface area (Å²) in [5, 5.41) is 3.98. The van der Waals surface area contributed by atoms with Crippen molar-refractivity contribution in [3.05, 3.63) is 65.2 Å². The van der Waals surface area contributed by atoms with Crippen molar-refractivity contribution in [3.8, 4) is 5.75 Å². The first-order chi connectivity index (χ1) is 12.4. The van der Waals surface area contributed by atoms with Gasteiger partial charge in [-0.05, 0) is 52.9 Å². The molecule has 0 bridgehead atoms. The maximum absolute atomic E-state index is 12.1. The fourth-order valence-corrected chi connectivity index (χ4v) is 2.25. The number of hydrazone groups is 1. The Balaban J connectivity index is 1.88. The lowest BCUT2D eigenvalue weighted by Gasteiger charge is -2.18. The zero-order chi connectivity index (χ0) is 19.0. The fraction of sp³-hybridized carbons (Fsp3) is 0.333. The molecule has 0 atom stereocenters. The lowest BCUT2D eigenvalue weighted by atomic mass is 9.87. The smallest absolute Gasteiger partial charge is 0.271 e. The Morgan fingerprint density at radius 3 is 2.35 bits per heavy atom. The molecule has 1 N–H and O–H groups in total. The number of carbonyl (C=O) groups is 1. The average molecular weight is 356 g/mol. The number of nitrogens with one attached hydrogen (secondary N) is 1. The standard InChI is InChI=1S/C21H25FN2O2/c1-21(2,3)18-9-7-17(8-10-18)20(25)24-23-15-16-5-11-19(12-6-16)26-14-4-13-22/h5-12,15H,4,13-14H2,1-3H3,(H,24,25). The van der Waals surface area contributed by atoms with Crippen molar-refractivity contribution >= 4 is 12.1 Å². The molecular formula is C21H25FN2O2. The van der Waals surface area contributed by atoms with Gasteiger partial charge in [0.15, 0.2) is 0 Å². The summed E-state index contributed by atoms with van der Waals surface area (Å²) in [7, 11) is 0. The predicted octanol–water partition coefficient (Wildman–Crippen LogP) is 4.49. The molecule has 0 unspecified atom stereocenters. The molecule has 0 saturated carbocycles. The third kappa shape index (κ3) is 5.99. The summed E-state index contributed by atoms with van der Waals surface area (Å²) in [6.45, 7) is 6.36. The van der Waals surface area contributed by atoms with Crippen LogP contribution >= 0.6 is 0 Å². The molecule has 0 heterocycles.